The van der Waals surface area contributed by atoms with Gasteiger partial charge < -0.3 is 9.47 Å². The number of sulfonamides is 1. The second-order valence-electron chi connectivity index (χ2n) is 9.08. The van der Waals surface area contributed by atoms with Gasteiger partial charge >= 0.3 is 0 Å². The molecule has 0 N–H and O–H groups in total. The number of likely N-dealkylation sites (tertiary alicyclic amines) is 1. The van der Waals surface area contributed by atoms with E-state index in [0.29, 0.717) is 31.4 Å². The van der Waals surface area contributed by atoms with Crippen LogP contribution >= 0.6 is 0 Å². The molecular formula is C27H36N4O3S. The summed E-state index contributed by atoms with van der Waals surface area (Å²) < 4.78 is 29.6. The Morgan fingerprint density at radius 2 is 1.83 bits per heavy atom. The Morgan fingerprint density at radius 1 is 1.09 bits per heavy atom. The van der Waals surface area contributed by atoms with Crippen LogP contribution in [0.1, 0.15) is 63.9 Å². The Labute approximate surface area is 208 Å². The molecule has 7 nitrogen and oxygen atoms in total. The molecule has 1 aliphatic heterocycles. The molecule has 1 saturated heterocycles. The summed E-state index contributed by atoms with van der Waals surface area (Å²) in [4.78, 5) is 20.3. The summed E-state index contributed by atoms with van der Waals surface area (Å²) in [5.41, 5.74) is 2.77. The molecule has 8 heteroatoms. The number of rotatable bonds is 10. The van der Waals surface area contributed by atoms with Crippen molar-refractivity contribution in [3.05, 3.63) is 59.9 Å². The first-order valence-electron chi connectivity index (χ1n) is 12.7. The van der Waals surface area contributed by atoms with Crippen molar-refractivity contribution in [1.82, 2.24) is 18.8 Å². The molecule has 2 heterocycles. The molecule has 0 spiro atoms. The minimum absolute atomic E-state index is 0.144. The maximum absolute atomic E-state index is 13.2. The Hall–Kier alpha value is -2.71. The number of aryl methyl sites for hydroxylation is 2. The summed E-state index contributed by atoms with van der Waals surface area (Å²) in [6, 6.07) is 15.6. The molecule has 0 aliphatic carbocycles. The average Bonchev–Trinajstić information content (AvgIpc) is 3.49. The standard InChI is InChI=1S/C27H36N4O3S/c1-4-18-30-25-15-14-22(35(33,34)29(5-2)6-3)20-23(25)28-26(30)16-17-27(32)31-19-10-13-24(31)21-11-8-7-9-12-21/h7-9,11-12,14-15,20,24H,4-6,10,13,16-19H2,1-3H3. The second kappa shape index (κ2) is 10.9. The molecule has 1 fully saturated rings. The van der Waals surface area contributed by atoms with E-state index in [0.717, 1.165) is 43.7 Å². The van der Waals surface area contributed by atoms with Gasteiger partial charge in [-0.25, -0.2) is 13.4 Å². The maximum Gasteiger partial charge on any atom is 0.243 e. The summed E-state index contributed by atoms with van der Waals surface area (Å²) in [5, 5.41) is 0. The van der Waals surface area contributed by atoms with Crippen LogP contribution in [-0.2, 0) is 27.8 Å². The van der Waals surface area contributed by atoms with Crippen LogP contribution in [-0.4, -0.2) is 52.7 Å². The number of amides is 1. The van der Waals surface area contributed by atoms with Gasteiger partial charge in [0, 0.05) is 39.0 Å². The number of imidazole rings is 1. The number of aromatic nitrogens is 2. The zero-order valence-corrected chi connectivity index (χ0v) is 21.8. The number of fused-ring (bicyclic) bond motifs is 1. The van der Waals surface area contributed by atoms with Crippen LogP contribution in [0.15, 0.2) is 53.4 Å². The lowest BCUT2D eigenvalue weighted by atomic mass is 10.0. The molecule has 1 unspecified atom stereocenters. The van der Waals surface area contributed by atoms with Crippen LogP contribution in [0.25, 0.3) is 11.0 Å². The summed E-state index contributed by atoms with van der Waals surface area (Å²) >= 11 is 0. The maximum atomic E-state index is 13.2. The minimum atomic E-state index is -3.55. The van der Waals surface area contributed by atoms with E-state index in [1.165, 1.54) is 9.87 Å². The zero-order chi connectivity index (χ0) is 25.0. The number of benzene rings is 2. The number of hydrogen-bond acceptors (Lipinski definition) is 4. The van der Waals surface area contributed by atoms with Gasteiger partial charge in [0.25, 0.3) is 0 Å². The highest BCUT2D eigenvalue weighted by Gasteiger charge is 2.30. The third-order valence-corrected chi connectivity index (χ3v) is 8.96. The van der Waals surface area contributed by atoms with E-state index in [1.807, 2.05) is 43.0 Å². The Balaban J connectivity index is 1.56. The lowest BCUT2D eigenvalue weighted by molar-refractivity contribution is -0.132. The van der Waals surface area contributed by atoms with Crippen LogP contribution in [0.4, 0.5) is 0 Å². The van der Waals surface area contributed by atoms with E-state index in [-0.39, 0.29) is 16.8 Å². The number of carbonyl (C=O) groups is 1. The molecule has 4 rings (SSSR count). The third kappa shape index (κ3) is 5.14. The summed E-state index contributed by atoms with van der Waals surface area (Å²) in [6.07, 6.45) is 3.86. The molecule has 0 bridgehead atoms. The molecule has 1 atom stereocenters. The summed E-state index contributed by atoms with van der Waals surface area (Å²) in [5.74, 6) is 0.985. The van der Waals surface area contributed by atoms with Crippen molar-refractivity contribution in [2.24, 2.45) is 0 Å². The largest absolute Gasteiger partial charge is 0.336 e. The third-order valence-electron chi connectivity index (χ3n) is 6.91. The van der Waals surface area contributed by atoms with Gasteiger partial charge in [-0.15, -0.1) is 0 Å². The molecule has 1 aromatic heterocycles. The van der Waals surface area contributed by atoms with Gasteiger partial charge in [-0.2, -0.15) is 4.31 Å². The molecule has 188 valence electrons. The predicted molar refractivity (Wildman–Crippen MR) is 139 cm³/mol. The van der Waals surface area contributed by atoms with Crippen LogP contribution in [0, 0.1) is 0 Å². The van der Waals surface area contributed by atoms with E-state index in [1.54, 1.807) is 12.1 Å². The first-order valence-corrected chi connectivity index (χ1v) is 14.2. The first-order chi connectivity index (χ1) is 16.9. The molecule has 35 heavy (non-hydrogen) atoms. The smallest absolute Gasteiger partial charge is 0.243 e. The summed E-state index contributed by atoms with van der Waals surface area (Å²) in [6.45, 7) is 8.20. The van der Waals surface area contributed by atoms with Gasteiger partial charge in [0.15, 0.2) is 0 Å². The van der Waals surface area contributed by atoms with Gasteiger partial charge in [-0.3, -0.25) is 4.79 Å². The quantitative estimate of drug-likeness (QED) is 0.405. The normalized spacial score (nSPS) is 16.5. The minimum Gasteiger partial charge on any atom is -0.336 e. The van der Waals surface area contributed by atoms with E-state index < -0.39 is 10.0 Å². The first kappa shape index (κ1) is 25.4. The molecule has 0 radical (unpaired) electrons. The zero-order valence-electron chi connectivity index (χ0n) is 21.0. The molecule has 1 amide bonds. The molecule has 1 aliphatic rings. The van der Waals surface area contributed by atoms with E-state index in [2.05, 4.69) is 23.6 Å². The summed E-state index contributed by atoms with van der Waals surface area (Å²) in [7, 11) is -3.55. The van der Waals surface area contributed by atoms with Crippen LogP contribution < -0.4 is 0 Å². The average molecular weight is 497 g/mol. The fourth-order valence-electron chi connectivity index (χ4n) is 5.15. The Bertz CT molecular complexity index is 1270. The highest BCUT2D eigenvalue weighted by atomic mass is 32.2. The van der Waals surface area contributed by atoms with Crippen molar-refractivity contribution in [2.75, 3.05) is 19.6 Å². The van der Waals surface area contributed by atoms with Gasteiger partial charge in [0.1, 0.15) is 5.82 Å². The van der Waals surface area contributed by atoms with Gasteiger partial charge in [0.05, 0.1) is 22.0 Å². The second-order valence-corrected chi connectivity index (χ2v) is 11.0. The fourth-order valence-corrected chi connectivity index (χ4v) is 6.62. The van der Waals surface area contributed by atoms with Gasteiger partial charge in [-0.05, 0) is 43.0 Å². The highest BCUT2D eigenvalue weighted by Crippen LogP contribution is 2.32. The molecule has 0 saturated carbocycles. The van der Waals surface area contributed by atoms with Crippen molar-refractivity contribution in [2.45, 2.75) is 70.4 Å². The van der Waals surface area contributed by atoms with E-state index in [9.17, 15) is 13.2 Å². The molecular weight excluding hydrogens is 460 g/mol. The van der Waals surface area contributed by atoms with Crippen molar-refractivity contribution in [1.29, 1.82) is 0 Å². The van der Waals surface area contributed by atoms with Crippen molar-refractivity contribution >= 4 is 27.0 Å². The van der Waals surface area contributed by atoms with Crippen molar-refractivity contribution in [3.8, 4) is 0 Å². The monoisotopic (exact) mass is 496 g/mol. The van der Waals surface area contributed by atoms with Crippen LogP contribution in [0.2, 0.25) is 0 Å². The Kier molecular flexibility index (Phi) is 7.91. The number of nitrogens with zero attached hydrogens (tertiary/aromatic N) is 4. The van der Waals surface area contributed by atoms with Crippen LogP contribution in [0.3, 0.4) is 0 Å². The lowest BCUT2D eigenvalue weighted by Gasteiger charge is -2.25. The van der Waals surface area contributed by atoms with E-state index in [4.69, 9.17) is 4.98 Å². The SMILES string of the molecule is CCCn1c(CCC(=O)N2CCCC2c2ccccc2)nc2cc(S(=O)(=O)N(CC)CC)ccc21. The number of carbonyl (C=O) groups excluding carboxylic acids is 1. The van der Waals surface area contributed by atoms with Gasteiger partial charge in [0.2, 0.25) is 15.9 Å². The Morgan fingerprint density at radius 3 is 2.51 bits per heavy atom. The molecule has 3 aromatic rings. The van der Waals surface area contributed by atoms with Crippen LogP contribution in [0.5, 0.6) is 0 Å². The topological polar surface area (TPSA) is 75.5 Å². The van der Waals surface area contributed by atoms with E-state index >= 15 is 0 Å². The highest BCUT2D eigenvalue weighted by molar-refractivity contribution is 7.89. The van der Waals surface area contributed by atoms with Crippen molar-refractivity contribution < 1.29 is 13.2 Å². The predicted octanol–water partition coefficient (Wildman–Crippen LogP) is 4.77. The fraction of sp³-hybridized carbons (Fsp3) is 0.481. The van der Waals surface area contributed by atoms with Crippen molar-refractivity contribution in [3.63, 3.8) is 0 Å². The lowest BCUT2D eigenvalue weighted by Crippen LogP contribution is -2.30. The molecule has 2 aromatic carbocycles. The van der Waals surface area contributed by atoms with Gasteiger partial charge in [-0.1, -0.05) is 51.1 Å². The number of hydrogen-bond donors (Lipinski definition) is 0.